The quantitative estimate of drug-likeness (QED) is 0.613. The summed E-state index contributed by atoms with van der Waals surface area (Å²) in [5.74, 6) is 0.0565. The molecule has 3 rings (SSSR count). The molecule has 29 heavy (non-hydrogen) atoms. The third-order valence-corrected chi connectivity index (χ3v) is 4.15. The number of hydrogen-bond acceptors (Lipinski definition) is 7. The second-order valence-corrected chi connectivity index (χ2v) is 6.42. The Hall–Kier alpha value is -3.68. The molecule has 2 aromatic carbocycles. The molecule has 0 aliphatic heterocycles. The van der Waals surface area contributed by atoms with Crippen LogP contribution >= 0.6 is 0 Å². The van der Waals surface area contributed by atoms with Crippen molar-refractivity contribution in [3.63, 3.8) is 0 Å². The van der Waals surface area contributed by atoms with E-state index in [4.69, 9.17) is 14.0 Å². The summed E-state index contributed by atoms with van der Waals surface area (Å²) < 4.78 is 15.5. The molecule has 0 saturated carbocycles. The van der Waals surface area contributed by atoms with Crippen LogP contribution < -0.4 is 10.1 Å². The first-order valence-corrected chi connectivity index (χ1v) is 8.95. The van der Waals surface area contributed by atoms with Crippen molar-refractivity contribution < 1.29 is 23.6 Å². The van der Waals surface area contributed by atoms with Gasteiger partial charge in [-0.15, -0.1) is 0 Å². The van der Waals surface area contributed by atoms with Gasteiger partial charge in [0.25, 0.3) is 5.89 Å². The van der Waals surface area contributed by atoms with Gasteiger partial charge in [-0.25, -0.2) is 4.79 Å². The van der Waals surface area contributed by atoms with Crippen molar-refractivity contribution in [2.75, 3.05) is 12.4 Å². The zero-order valence-electron chi connectivity index (χ0n) is 16.4. The van der Waals surface area contributed by atoms with Crippen LogP contribution in [0.5, 0.6) is 5.75 Å². The smallest absolute Gasteiger partial charge is 0.338 e. The van der Waals surface area contributed by atoms with Gasteiger partial charge in [-0.2, -0.15) is 4.98 Å². The van der Waals surface area contributed by atoms with Crippen LogP contribution in [0, 0.1) is 13.8 Å². The van der Waals surface area contributed by atoms with Crippen LogP contribution in [0.2, 0.25) is 0 Å². The van der Waals surface area contributed by atoms with Gasteiger partial charge in [0.15, 0.2) is 12.4 Å². The Morgan fingerprint density at radius 3 is 2.72 bits per heavy atom. The Morgan fingerprint density at radius 1 is 1.14 bits per heavy atom. The summed E-state index contributed by atoms with van der Waals surface area (Å²) in [6, 6.07) is 12.6. The lowest BCUT2D eigenvalue weighted by Gasteiger charge is -2.08. The second kappa shape index (κ2) is 9.01. The fourth-order valence-corrected chi connectivity index (χ4v) is 2.67. The van der Waals surface area contributed by atoms with Crippen molar-refractivity contribution in [3.8, 4) is 5.75 Å². The molecule has 0 bridgehead atoms. The van der Waals surface area contributed by atoms with E-state index in [1.54, 1.807) is 30.3 Å². The zero-order chi connectivity index (χ0) is 20.8. The number of para-hydroxylation sites is 2. The van der Waals surface area contributed by atoms with E-state index in [2.05, 4.69) is 15.5 Å². The lowest BCUT2D eigenvalue weighted by molar-refractivity contribution is -0.115. The second-order valence-electron chi connectivity index (χ2n) is 6.42. The Balaban J connectivity index is 1.56. The largest absolute Gasteiger partial charge is 0.495 e. The molecule has 150 valence electrons. The highest BCUT2D eigenvalue weighted by atomic mass is 16.6. The molecule has 0 fully saturated rings. The number of hydrogen-bond donors (Lipinski definition) is 1. The van der Waals surface area contributed by atoms with Gasteiger partial charge >= 0.3 is 5.97 Å². The summed E-state index contributed by atoms with van der Waals surface area (Å²) in [5, 5.41) is 6.48. The molecule has 1 heterocycles. The number of benzene rings is 2. The van der Waals surface area contributed by atoms with E-state index in [-0.39, 0.29) is 30.7 Å². The molecule has 8 nitrogen and oxygen atoms in total. The average Bonchev–Trinajstić information content (AvgIpc) is 3.15. The summed E-state index contributed by atoms with van der Waals surface area (Å²) >= 11 is 0. The molecule has 0 radical (unpaired) electrons. The predicted octanol–water partition coefficient (Wildman–Crippen LogP) is 3.23. The highest BCUT2D eigenvalue weighted by Crippen LogP contribution is 2.23. The van der Waals surface area contributed by atoms with E-state index in [1.165, 1.54) is 7.11 Å². The lowest BCUT2D eigenvalue weighted by atomic mass is 10.1. The number of nitrogens with one attached hydrogen (secondary N) is 1. The van der Waals surface area contributed by atoms with Crippen LogP contribution in [0.15, 0.2) is 47.0 Å². The fourth-order valence-electron chi connectivity index (χ4n) is 2.67. The number of methoxy groups -OCH3 is 1. The van der Waals surface area contributed by atoms with Gasteiger partial charge in [0, 0.05) is 0 Å². The minimum absolute atomic E-state index is 0.0908. The average molecular weight is 395 g/mol. The van der Waals surface area contributed by atoms with E-state index >= 15 is 0 Å². The minimum atomic E-state index is -0.472. The third kappa shape index (κ3) is 5.19. The van der Waals surface area contributed by atoms with Crippen molar-refractivity contribution in [2.24, 2.45) is 0 Å². The fraction of sp³-hybridized carbons (Fsp3) is 0.238. The minimum Gasteiger partial charge on any atom is -0.495 e. The van der Waals surface area contributed by atoms with Crippen LogP contribution in [0.1, 0.15) is 33.2 Å². The summed E-state index contributed by atoms with van der Waals surface area (Å²) in [5.41, 5.74) is 2.82. The number of anilines is 1. The molecule has 0 spiro atoms. The first-order valence-electron chi connectivity index (χ1n) is 8.95. The molecule has 8 heteroatoms. The van der Waals surface area contributed by atoms with E-state index in [0.717, 1.165) is 11.1 Å². The van der Waals surface area contributed by atoms with Crippen molar-refractivity contribution in [2.45, 2.75) is 26.9 Å². The normalized spacial score (nSPS) is 10.4. The summed E-state index contributed by atoms with van der Waals surface area (Å²) in [4.78, 5) is 28.6. The highest BCUT2D eigenvalue weighted by molar-refractivity contribution is 5.93. The number of nitrogens with zero attached hydrogens (tertiary/aromatic N) is 2. The van der Waals surface area contributed by atoms with Crippen molar-refractivity contribution in [3.05, 3.63) is 70.9 Å². The number of carbonyl (C=O) groups is 2. The number of aromatic nitrogens is 2. The molecular formula is C21H21N3O5. The Bertz CT molecular complexity index is 1030. The molecule has 0 atom stereocenters. The van der Waals surface area contributed by atoms with Crippen LogP contribution in [0.4, 0.5) is 5.69 Å². The topological polar surface area (TPSA) is 104 Å². The van der Waals surface area contributed by atoms with Gasteiger partial charge in [-0.05, 0) is 37.6 Å². The maximum absolute atomic E-state index is 12.3. The van der Waals surface area contributed by atoms with Gasteiger partial charge in [-0.3, -0.25) is 4.79 Å². The van der Waals surface area contributed by atoms with Gasteiger partial charge in [0.2, 0.25) is 5.91 Å². The zero-order valence-corrected chi connectivity index (χ0v) is 16.4. The first-order chi connectivity index (χ1) is 14.0. The molecule has 3 aromatic rings. The lowest BCUT2D eigenvalue weighted by Crippen LogP contribution is -2.15. The van der Waals surface area contributed by atoms with E-state index < -0.39 is 5.97 Å². The Labute approximate surface area is 167 Å². The van der Waals surface area contributed by atoms with Gasteiger partial charge in [0.1, 0.15) is 5.75 Å². The summed E-state index contributed by atoms with van der Waals surface area (Å²) in [6.07, 6.45) is -0.0908. The third-order valence-electron chi connectivity index (χ3n) is 4.15. The van der Waals surface area contributed by atoms with Crippen molar-refractivity contribution in [1.82, 2.24) is 10.1 Å². The maximum atomic E-state index is 12.3. The van der Waals surface area contributed by atoms with E-state index in [0.29, 0.717) is 17.0 Å². The maximum Gasteiger partial charge on any atom is 0.338 e. The summed E-state index contributed by atoms with van der Waals surface area (Å²) in [6.45, 7) is 3.56. The molecule has 0 aliphatic carbocycles. The highest BCUT2D eigenvalue weighted by Gasteiger charge is 2.16. The number of amides is 1. The van der Waals surface area contributed by atoms with Crippen LogP contribution in [-0.4, -0.2) is 29.1 Å². The van der Waals surface area contributed by atoms with Crippen molar-refractivity contribution >= 4 is 17.6 Å². The van der Waals surface area contributed by atoms with Crippen molar-refractivity contribution in [1.29, 1.82) is 0 Å². The molecule has 1 N–H and O–H groups in total. The number of esters is 1. The number of rotatable bonds is 7. The molecule has 0 aliphatic rings. The SMILES string of the molecule is COc1ccccc1NC(=O)Cc1noc(COC(=O)c2cc(C)ccc2C)n1. The van der Waals surface area contributed by atoms with Gasteiger partial charge < -0.3 is 19.3 Å². The molecule has 1 aromatic heterocycles. The predicted molar refractivity (Wildman–Crippen MR) is 105 cm³/mol. The molecule has 0 unspecified atom stereocenters. The van der Waals surface area contributed by atoms with E-state index in [9.17, 15) is 9.59 Å². The van der Waals surface area contributed by atoms with E-state index in [1.807, 2.05) is 26.0 Å². The summed E-state index contributed by atoms with van der Waals surface area (Å²) in [7, 11) is 1.52. The number of carbonyl (C=O) groups excluding carboxylic acids is 2. The number of ether oxygens (including phenoxy) is 2. The van der Waals surface area contributed by atoms with Crippen LogP contribution in [0.3, 0.4) is 0 Å². The Morgan fingerprint density at radius 2 is 1.93 bits per heavy atom. The van der Waals surface area contributed by atoms with Gasteiger partial charge in [0.05, 0.1) is 24.8 Å². The van der Waals surface area contributed by atoms with Gasteiger partial charge in [-0.1, -0.05) is 35.0 Å². The first kappa shape index (κ1) is 20.1. The molecular weight excluding hydrogens is 374 g/mol. The van der Waals surface area contributed by atoms with Crippen LogP contribution in [0.25, 0.3) is 0 Å². The molecule has 0 saturated heterocycles. The standard InChI is InChI=1S/C21H21N3O5/c1-13-8-9-14(2)15(10-13)21(26)28-12-20-23-18(24-29-20)11-19(25)22-16-6-4-5-7-17(16)27-3/h4-10H,11-12H2,1-3H3,(H,22,25). The monoisotopic (exact) mass is 395 g/mol. The number of aryl methyl sites for hydroxylation is 2. The molecule has 1 amide bonds. The van der Waals surface area contributed by atoms with Crippen LogP contribution in [-0.2, 0) is 22.6 Å². The Kier molecular flexibility index (Phi) is 6.23.